The number of amides is 1. The first kappa shape index (κ1) is 15.3. The van der Waals surface area contributed by atoms with Crippen molar-refractivity contribution in [3.63, 3.8) is 0 Å². The third kappa shape index (κ3) is 4.43. The molecule has 0 radical (unpaired) electrons. The largest absolute Gasteiger partial charge is 0.396 e. The van der Waals surface area contributed by atoms with E-state index in [0.29, 0.717) is 13.0 Å². The van der Waals surface area contributed by atoms with Crippen molar-refractivity contribution in [3.8, 4) is 0 Å². The zero-order valence-corrected chi connectivity index (χ0v) is 12.0. The van der Waals surface area contributed by atoms with Gasteiger partial charge in [0.15, 0.2) is 0 Å². The highest BCUT2D eigenvalue weighted by Crippen LogP contribution is 2.24. The molecule has 3 nitrogen and oxygen atoms in total. The summed E-state index contributed by atoms with van der Waals surface area (Å²) < 4.78 is 0. The minimum absolute atomic E-state index is 0.00494. The standard InChI is InChI=1S/C18H21NO2/c20-14-8-7-13-19-18(21)17(15-9-3-1-4-10-15)16-11-5-2-6-12-16/h1-6,9-12,17,20H,7-8,13-14H2,(H,19,21). The topological polar surface area (TPSA) is 49.3 Å². The summed E-state index contributed by atoms with van der Waals surface area (Å²) in [5, 5.41) is 11.7. The highest BCUT2D eigenvalue weighted by atomic mass is 16.2. The Morgan fingerprint density at radius 1 is 0.905 bits per heavy atom. The third-order valence-electron chi connectivity index (χ3n) is 3.41. The number of nitrogens with one attached hydrogen (secondary N) is 1. The summed E-state index contributed by atoms with van der Waals surface area (Å²) in [4.78, 5) is 12.5. The van der Waals surface area contributed by atoms with Gasteiger partial charge >= 0.3 is 0 Å². The second-order valence-electron chi connectivity index (χ2n) is 4.98. The van der Waals surface area contributed by atoms with Crippen molar-refractivity contribution in [1.82, 2.24) is 5.32 Å². The molecule has 0 aliphatic heterocycles. The lowest BCUT2D eigenvalue weighted by atomic mass is 9.90. The summed E-state index contributed by atoms with van der Waals surface area (Å²) >= 11 is 0. The van der Waals surface area contributed by atoms with E-state index in [9.17, 15) is 4.79 Å². The van der Waals surface area contributed by atoms with Crippen molar-refractivity contribution in [2.45, 2.75) is 18.8 Å². The van der Waals surface area contributed by atoms with Crippen molar-refractivity contribution < 1.29 is 9.90 Å². The van der Waals surface area contributed by atoms with Crippen molar-refractivity contribution in [2.75, 3.05) is 13.2 Å². The molecule has 110 valence electrons. The Balaban J connectivity index is 2.15. The Hall–Kier alpha value is -2.13. The molecule has 3 heteroatoms. The molecule has 2 N–H and O–H groups in total. The number of hydrogen-bond acceptors (Lipinski definition) is 2. The fraction of sp³-hybridized carbons (Fsp3) is 0.278. The number of aliphatic hydroxyl groups is 1. The van der Waals surface area contributed by atoms with E-state index in [2.05, 4.69) is 5.32 Å². The zero-order chi connectivity index (χ0) is 14.9. The molecule has 0 atom stereocenters. The van der Waals surface area contributed by atoms with Gasteiger partial charge in [-0.2, -0.15) is 0 Å². The Bertz CT molecular complexity index is 500. The third-order valence-corrected chi connectivity index (χ3v) is 3.41. The summed E-state index contributed by atoms with van der Waals surface area (Å²) in [7, 11) is 0. The summed E-state index contributed by atoms with van der Waals surface area (Å²) in [6.45, 7) is 0.756. The van der Waals surface area contributed by atoms with E-state index in [1.54, 1.807) is 0 Å². The average molecular weight is 283 g/mol. The van der Waals surface area contributed by atoms with Crippen molar-refractivity contribution >= 4 is 5.91 Å². The Morgan fingerprint density at radius 3 is 1.90 bits per heavy atom. The Kier molecular flexibility index (Phi) is 5.98. The van der Waals surface area contributed by atoms with Gasteiger partial charge in [0, 0.05) is 13.2 Å². The van der Waals surface area contributed by atoms with Gasteiger partial charge in [0.1, 0.15) is 0 Å². The molecule has 0 aromatic heterocycles. The van der Waals surface area contributed by atoms with Crippen LogP contribution in [0.5, 0.6) is 0 Å². The van der Waals surface area contributed by atoms with Crippen molar-refractivity contribution in [1.29, 1.82) is 0 Å². The van der Waals surface area contributed by atoms with Crippen LogP contribution in [0, 0.1) is 0 Å². The number of rotatable bonds is 7. The van der Waals surface area contributed by atoms with Gasteiger partial charge in [0.2, 0.25) is 5.91 Å². The van der Waals surface area contributed by atoms with Crippen LogP contribution in [0.1, 0.15) is 29.9 Å². The van der Waals surface area contributed by atoms with E-state index in [-0.39, 0.29) is 18.4 Å². The van der Waals surface area contributed by atoms with Crippen molar-refractivity contribution in [2.24, 2.45) is 0 Å². The maximum absolute atomic E-state index is 12.5. The van der Waals surface area contributed by atoms with Crippen LogP contribution in [0.2, 0.25) is 0 Å². The number of carbonyl (C=O) groups excluding carboxylic acids is 1. The second-order valence-corrected chi connectivity index (χ2v) is 4.98. The van der Waals surface area contributed by atoms with Crippen LogP contribution in [0.15, 0.2) is 60.7 Å². The van der Waals surface area contributed by atoms with Crippen LogP contribution in [-0.2, 0) is 4.79 Å². The van der Waals surface area contributed by atoms with E-state index in [4.69, 9.17) is 5.11 Å². The monoisotopic (exact) mass is 283 g/mol. The quantitative estimate of drug-likeness (QED) is 0.768. The van der Waals surface area contributed by atoms with Gasteiger partial charge in [-0.1, -0.05) is 60.7 Å². The van der Waals surface area contributed by atoms with Gasteiger partial charge in [-0.3, -0.25) is 4.79 Å². The molecule has 1 amide bonds. The molecule has 0 fully saturated rings. The highest BCUT2D eigenvalue weighted by molar-refractivity contribution is 5.87. The molecule has 0 spiro atoms. The van der Waals surface area contributed by atoms with Gasteiger partial charge in [0.25, 0.3) is 0 Å². The van der Waals surface area contributed by atoms with Gasteiger partial charge in [0.05, 0.1) is 5.92 Å². The molecule has 2 aromatic rings. The normalized spacial score (nSPS) is 10.6. The lowest BCUT2D eigenvalue weighted by Gasteiger charge is -2.17. The fourth-order valence-electron chi connectivity index (χ4n) is 2.34. The van der Waals surface area contributed by atoms with E-state index in [1.807, 2.05) is 60.7 Å². The van der Waals surface area contributed by atoms with Crippen LogP contribution in [-0.4, -0.2) is 24.2 Å². The molecule has 2 rings (SSSR count). The molecular weight excluding hydrogens is 262 g/mol. The maximum Gasteiger partial charge on any atom is 0.232 e. The zero-order valence-electron chi connectivity index (χ0n) is 12.0. The molecular formula is C18H21NO2. The molecule has 0 saturated heterocycles. The van der Waals surface area contributed by atoms with E-state index in [0.717, 1.165) is 17.5 Å². The fourth-order valence-corrected chi connectivity index (χ4v) is 2.34. The summed E-state index contributed by atoms with van der Waals surface area (Å²) in [6.07, 6.45) is 1.50. The predicted molar refractivity (Wildman–Crippen MR) is 84.1 cm³/mol. The molecule has 0 bridgehead atoms. The summed E-state index contributed by atoms with van der Waals surface area (Å²) in [6, 6.07) is 19.6. The minimum Gasteiger partial charge on any atom is -0.396 e. The first-order chi connectivity index (χ1) is 10.3. The average Bonchev–Trinajstić information content (AvgIpc) is 2.54. The number of carbonyl (C=O) groups is 1. The Labute approximate surface area is 125 Å². The molecule has 0 aliphatic carbocycles. The lowest BCUT2D eigenvalue weighted by molar-refractivity contribution is -0.121. The van der Waals surface area contributed by atoms with E-state index in [1.165, 1.54) is 0 Å². The Morgan fingerprint density at radius 2 is 1.43 bits per heavy atom. The highest BCUT2D eigenvalue weighted by Gasteiger charge is 2.21. The van der Waals surface area contributed by atoms with Crippen LogP contribution < -0.4 is 5.32 Å². The van der Waals surface area contributed by atoms with Gasteiger partial charge in [-0.25, -0.2) is 0 Å². The van der Waals surface area contributed by atoms with Crippen LogP contribution in [0.4, 0.5) is 0 Å². The number of aliphatic hydroxyl groups excluding tert-OH is 1. The molecule has 21 heavy (non-hydrogen) atoms. The SMILES string of the molecule is O=C(NCCCCO)C(c1ccccc1)c1ccccc1. The second kappa shape index (κ2) is 8.22. The van der Waals surface area contributed by atoms with Gasteiger partial charge in [-0.15, -0.1) is 0 Å². The van der Waals surface area contributed by atoms with Crippen LogP contribution in [0.25, 0.3) is 0 Å². The van der Waals surface area contributed by atoms with E-state index < -0.39 is 0 Å². The summed E-state index contributed by atoms with van der Waals surface area (Å²) in [5.74, 6) is -0.285. The van der Waals surface area contributed by atoms with Crippen LogP contribution >= 0.6 is 0 Å². The number of hydrogen-bond donors (Lipinski definition) is 2. The lowest BCUT2D eigenvalue weighted by Crippen LogP contribution is -2.30. The smallest absolute Gasteiger partial charge is 0.232 e. The first-order valence-corrected chi connectivity index (χ1v) is 7.31. The minimum atomic E-state index is -0.290. The predicted octanol–water partition coefficient (Wildman–Crippen LogP) is 2.71. The van der Waals surface area contributed by atoms with Gasteiger partial charge < -0.3 is 10.4 Å². The maximum atomic E-state index is 12.5. The molecule has 0 heterocycles. The van der Waals surface area contributed by atoms with Crippen molar-refractivity contribution in [3.05, 3.63) is 71.8 Å². The first-order valence-electron chi connectivity index (χ1n) is 7.31. The molecule has 0 saturated carbocycles. The molecule has 2 aromatic carbocycles. The summed E-state index contributed by atoms with van der Waals surface area (Å²) in [5.41, 5.74) is 1.98. The van der Waals surface area contributed by atoms with Crippen LogP contribution in [0.3, 0.4) is 0 Å². The molecule has 0 unspecified atom stereocenters. The van der Waals surface area contributed by atoms with E-state index >= 15 is 0 Å². The molecule has 0 aliphatic rings. The van der Waals surface area contributed by atoms with Gasteiger partial charge in [-0.05, 0) is 24.0 Å². The number of benzene rings is 2. The number of unbranched alkanes of at least 4 members (excludes halogenated alkanes) is 1.